The van der Waals surface area contributed by atoms with Crippen LogP contribution < -0.4 is 0 Å². The average molecular weight is 353 g/mol. The number of aliphatic hydroxyl groups is 1. The van der Waals surface area contributed by atoms with Crippen LogP contribution in [-0.4, -0.2) is 65.1 Å². The van der Waals surface area contributed by atoms with Crippen LogP contribution in [0.2, 0.25) is 0 Å². The van der Waals surface area contributed by atoms with E-state index < -0.39 is 5.60 Å². The fourth-order valence-electron chi connectivity index (χ4n) is 3.63. The minimum atomic E-state index is -0.828. The molecule has 2 heterocycles. The average Bonchev–Trinajstić information content (AvgIpc) is 2.61. The Labute approximate surface area is 155 Å². The standard InChI is InChI=1S/C21H27N3O2/c1-16-5-6-19(13-22-16)17-7-9-18(10-8-17)20(25)24-12-4-11-21(26,15-24)14-23(2)3/h5-10,13,26H,4,11-12,14-15H2,1-3H3. The first-order chi connectivity index (χ1) is 12.4. The largest absolute Gasteiger partial charge is 0.387 e. The lowest BCUT2D eigenvalue weighted by Gasteiger charge is -2.40. The Morgan fingerprint density at radius 1 is 1.19 bits per heavy atom. The third-order valence-electron chi connectivity index (χ3n) is 4.83. The van der Waals surface area contributed by atoms with Crippen molar-refractivity contribution in [3.63, 3.8) is 0 Å². The number of carbonyl (C=O) groups excluding carboxylic acids is 1. The fraction of sp³-hybridized carbons (Fsp3) is 0.429. The third kappa shape index (κ3) is 4.29. The summed E-state index contributed by atoms with van der Waals surface area (Å²) in [6.07, 6.45) is 3.40. The van der Waals surface area contributed by atoms with Crippen LogP contribution in [0.5, 0.6) is 0 Å². The van der Waals surface area contributed by atoms with Crippen molar-refractivity contribution in [3.8, 4) is 11.1 Å². The molecule has 5 nitrogen and oxygen atoms in total. The number of aryl methyl sites for hydroxylation is 1. The van der Waals surface area contributed by atoms with Gasteiger partial charge in [0.15, 0.2) is 0 Å². The molecule has 1 N–H and O–H groups in total. The summed E-state index contributed by atoms with van der Waals surface area (Å²) in [5, 5.41) is 10.8. The van der Waals surface area contributed by atoms with Gasteiger partial charge in [-0.2, -0.15) is 0 Å². The van der Waals surface area contributed by atoms with Gasteiger partial charge in [-0.3, -0.25) is 9.78 Å². The van der Waals surface area contributed by atoms with Gasteiger partial charge in [0, 0.05) is 36.1 Å². The van der Waals surface area contributed by atoms with Crippen molar-refractivity contribution in [2.75, 3.05) is 33.7 Å². The smallest absolute Gasteiger partial charge is 0.253 e. The molecule has 0 aliphatic carbocycles. The lowest BCUT2D eigenvalue weighted by Crippen LogP contribution is -2.54. The van der Waals surface area contributed by atoms with Gasteiger partial charge >= 0.3 is 0 Å². The monoisotopic (exact) mass is 353 g/mol. The SMILES string of the molecule is Cc1ccc(-c2ccc(C(=O)N3CCCC(O)(CN(C)C)C3)cc2)cn1. The van der Waals surface area contributed by atoms with Crippen LogP contribution in [0.15, 0.2) is 42.6 Å². The summed E-state index contributed by atoms with van der Waals surface area (Å²) >= 11 is 0. The maximum Gasteiger partial charge on any atom is 0.253 e. The summed E-state index contributed by atoms with van der Waals surface area (Å²) in [4.78, 5) is 20.9. The molecule has 0 bridgehead atoms. The number of aromatic nitrogens is 1. The maximum absolute atomic E-state index is 12.9. The van der Waals surface area contributed by atoms with Crippen LogP contribution in [0.3, 0.4) is 0 Å². The normalized spacial score (nSPS) is 20.4. The summed E-state index contributed by atoms with van der Waals surface area (Å²) in [6.45, 7) is 3.60. The minimum absolute atomic E-state index is 0.0181. The highest BCUT2D eigenvalue weighted by molar-refractivity contribution is 5.94. The first kappa shape index (κ1) is 18.5. The van der Waals surface area contributed by atoms with E-state index in [4.69, 9.17) is 0 Å². The summed E-state index contributed by atoms with van der Waals surface area (Å²) < 4.78 is 0. The number of pyridine rings is 1. The number of hydrogen-bond donors (Lipinski definition) is 1. The number of rotatable bonds is 4. The lowest BCUT2D eigenvalue weighted by atomic mass is 9.92. The molecule has 1 amide bonds. The summed E-state index contributed by atoms with van der Waals surface area (Å²) in [5.41, 5.74) is 2.88. The van der Waals surface area contributed by atoms with Gasteiger partial charge in [0.25, 0.3) is 5.91 Å². The number of piperidine rings is 1. The van der Waals surface area contributed by atoms with Crippen LogP contribution in [0, 0.1) is 6.92 Å². The molecule has 1 aliphatic rings. The minimum Gasteiger partial charge on any atom is -0.387 e. The predicted octanol–water partition coefficient (Wildman–Crippen LogP) is 2.59. The van der Waals surface area contributed by atoms with Crippen molar-refractivity contribution < 1.29 is 9.90 Å². The van der Waals surface area contributed by atoms with E-state index in [0.717, 1.165) is 29.7 Å². The zero-order chi connectivity index (χ0) is 18.7. The van der Waals surface area contributed by atoms with Crippen LogP contribution in [0.25, 0.3) is 11.1 Å². The molecule has 1 atom stereocenters. The summed E-state index contributed by atoms with van der Waals surface area (Å²) in [7, 11) is 3.88. The summed E-state index contributed by atoms with van der Waals surface area (Å²) in [5.74, 6) is -0.0181. The van der Waals surface area contributed by atoms with E-state index in [1.54, 1.807) is 4.90 Å². The van der Waals surface area contributed by atoms with Crippen molar-refractivity contribution in [1.82, 2.24) is 14.8 Å². The van der Waals surface area contributed by atoms with Crippen molar-refractivity contribution in [2.45, 2.75) is 25.4 Å². The quantitative estimate of drug-likeness (QED) is 0.918. The highest BCUT2D eigenvalue weighted by Crippen LogP contribution is 2.24. The van der Waals surface area contributed by atoms with Gasteiger partial charge in [0.2, 0.25) is 0 Å². The molecule has 3 rings (SSSR count). The highest BCUT2D eigenvalue weighted by Gasteiger charge is 2.35. The van der Waals surface area contributed by atoms with Gasteiger partial charge in [-0.05, 0) is 57.6 Å². The molecule has 1 aliphatic heterocycles. The summed E-state index contributed by atoms with van der Waals surface area (Å²) in [6, 6.07) is 11.6. The zero-order valence-corrected chi connectivity index (χ0v) is 15.8. The first-order valence-electron chi connectivity index (χ1n) is 9.06. The maximum atomic E-state index is 12.9. The zero-order valence-electron chi connectivity index (χ0n) is 15.8. The van der Waals surface area contributed by atoms with Crippen molar-refractivity contribution in [2.24, 2.45) is 0 Å². The highest BCUT2D eigenvalue weighted by atomic mass is 16.3. The fourth-order valence-corrected chi connectivity index (χ4v) is 3.63. The number of carbonyl (C=O) groups is 1. The van der Waals surface area contributed by atoms with Gasteiger partial charge < -0.3 is 14.9 Å². The van der Waals surface area contributed by atoms with E-state index in [-0.39, 0.29) is 5.91 Å². The van der Waals surface area contributed by atoms with Crippen LogP contribution in [0.4, 0.5) is 0 Å². The molecule has 0 radical (unpaired) electrons. The molecule has 26 heavy (non-hydrogen) atoms. The molecule has 5 heteroatoms. The van der Waals surface area contributed by atoms with Crippen LogP contribution in [0.1, 0.15) is 28.9 Å². The number of β-amino-alcohol motifs (C(OH)–C–C–N with tert-alkyl or cyclic N) is 1. The van der Waals surface area contributed by atoms with Crippen LogP contribution in [-0.2, 0) is 0 Å². The van der Waals surface area contributed by atoms with Gasteiger partial charge in [-0.1, -0.05) is 18.2 Å². The molecule has 1 fully saturated rings. The molecule has 1 aromatic carbocycles. The topological polar surface area (TPSA) is 56.7 Å². The second kappa shape index (κ2) is 7.56. The Kier molecular flexibility index (Phi) is 5.39. The van der Waals surface area contributed by atoms with E-state index in [9.17, 15) is 9.90 Å². The predicted molar refractivity (Wildman–Crippen MR) is 103 cm³/mol. The van der Waals surface area contributed by atoms with E-state index in [1.807, 2.05) is 68.5 Å². The van der Waals surface area contributed by atoms with Gasteiger partial charge in [-0.15, -0.1) is 0 Å². The van der Waals surface area contributed by atoms with Gasteiger partial charge in [-0.25, -0.2) is 0 Å². The second-order valence-corrected chi connectivity index (χ2v) is 7.56. The van der Waals surface area contributed by atoms with Crippen molar-refractivity contribution in [1.29, 1.82) is 0 Å². The van der Waals surface area contributed by atoms with E-state index in [2.05, 4.69) is 4.98 Å². The molecule has 2 aromatic rings. The number of benzene rings is 1. The van der Waals surface area contributed by atoms with Crippen molar-refractivity contribution >= 4 is 5.91 Å². The molecule has 0 spiro atoms. The van der Waals surface area contributed by atoms with E-state index in [1.165, 1.54) is 0 Å². The molecule has 1 saturated heterocycles. The number of likely N-dealkylation sites (N-methyl/N-ethyl adjacent to an activating group) is 1. The lowest BCUT2D eigenvalue weighted by molar-refractivity contribution is -0.0391. The molecule has 138 valence electrons. The molecule has 1 unspecified atom stereocenters. The number of nitrogens with zero attached hydrogens (tertiary/aromatic N) is 3. The molecular weight excluding hydrogens is 326 g/mol. The number of hydrogen-bond acceptors (Lipinski definition) is 4. The number of amides is 1. The molecule has 1 aromatic heterocycles. The van der Waals surface area contributed by atoms with E-state index >= 15 is 0 Å². The Morgan fingerprint density at radius 2 is 1.88 bits per heavy atom. The van der Waals surface area contributed by atoms with Gasteiger partial charge in [0.1, 0.15) is 0 Å². The molecular formula is C21H27N3O2. The Morgan fingerprint density at radius 3 is 2.50 bits per heavy atom. The Bertz CT molecular complexity index is 756. The first-order valence-corrected chi connectivity index (χ1v) is 9.06. The molecule has 0 saturated carbocycles. The number of likely N-dealkylation sites (tertiary alicyclic amines) is 1. The van der Waals surface area contributed by atoms with Gasteiger partial charge in [0.05, 0.1) is 12.1 Å². The Hall–Kier alpha value is -2.24. The van der Waals surface area contributed by atoms with Crippen LogP contribution >= 0.6 is 0 Å². The third-order valence-corrected chi connectivity index (χ3v) is 4.83. The van der Waals surface area contributed by atoms with E-state index in [0.29, 0.717) is 25.2 Å². The Balaban J connectivity index is 1.72. The second-order valence-electron chi connectivity index (χ2n) is 7.56. The van der Waals surface area contributed by atoms with Crippen molar-refractivity contribution in [3.05, 3.63) is 53.9 Å².